The van der Waals surface area contributed by atoms with E-state index in [1.54, 1.807) is 11.3 Å². The maximum absolute atomic E-state index is 6.04. The molecule has 24 heavy (non-hydrogen) atoms. The fraction of sp³-hybridized carbons (Fsp3) is 0.211. The molecule has 0 fully saturated rings. The van der Waals surface area contributed by atoms with Crippen molar-refractivity contribution in [3.05, 3.63) is 63.4 Å². The highest BCUT2D eigenvalue weighted by Crippen LogP contribution is 2.35. The summed E-state index contributed by atoms with van der Waals surface area (Å²) in [5.74, 6) is 0. The van der Waals surface area contributed by atoms with Crippen LogP contribution in [0, 0.1) is 0 Å². The fourth-order valence-corrected chi connectivity index (χ4v) is 3.81. The number of rotatable bonds is 5. The van der Waals surface area contributed by atoms with E-state index in [9.17, 15) is 0 Å². The molecule has 3 aromatic rings. The van der Waals surface area contributed by atoms with Gasteiger partial charge in [0.1, 0.15) is 0 Å². The molecule has 3 rings (SSSR count). The van der Waals surface area contributed by atoms with Crippen LogP contribution in [0.4, 0.5) is 10.8 Å². The lowest BCUT2D eigenvalue weighted by Crippen LogP contribution is -2.27. The van der Waals surface area contributed by atoms with E-state index in [4.69, 9.17) is 16.6 Å². The molecule has 0 bridgehead atoms. The molecule has 0 saturated heterocycles. The first-order valence-corrected chi connectivity index (χ1v) is 9.90. The molecule has 0 aliphatic heterocycles. The van der Waals surface area contributed by atoms with E-state index < -0.39 is 0 Å². The lowest BCUT2D eigenvalue weighted by molar-refractivity contribution is 0.686. The van der Waals surface area contributed by atoms with Gasteiger partial charge in [0.25, 0.3) is 0 Å². The van der Waals surface area contributed by atoms with Gasteiger partial charge >= 0.3 is 0 Å². The number of halogens is 2. The minimum Gasteiger partial charge on any atom is -0.315 e. The van der Waals surface area contributed by atoms with Crippen LogP contribution < -0.4 is 4.90 Å². The molecular formula is C19H18BrClN2S. The van der Waals surface area contributed by atoms with E-state index in [1.165, 1.54) is 0 Å². The first-order valence-electron chi connectivity index (χ1n) is 7.84. The van der Waals surface area contributed by atoms with Crippen LogP contribution in [-0.4, -0.2) is 11.0 Å². The molecule has 0 radical (unpaired) electrons. The summed E-state index contributed by atoms with van der Waals surface area (Å²) >= 11 is 11.2. The van der Waals surface area contributed by atoms with Crippen LogP contribution >= 0.6 is 38.9 Å². The van der Waals surface area contributed by atoms with E-state index in [0.29, 0.717) is 6.04 Å². The Morgan fingerprint density at radius 2 is 1.79 bits per heavy atom. The molecule has 0 N–H and O–H groups in total. The van der Waals surface area contributed by atoms with Crippen LogP contribution in [0.1, 0.15) is 20.3 Å². The van der Waals surface area contributed by atoms with Crippen molar-refractivity contribution >= 4 is 49.7 Å². The van der Waals surface area contributed by atoms with Crippen LogP contribution in [-0.2, 0) is 0 Å². The molecule has 0 amide bonds. The van der Waals surface area contributed by atoms with E-state index in [-0.39, 0.29) is 0 Å². The highest BCUT2D eigenvalue weighted by Gasteiger charge is 2.19. The summed E-state index contributed by atoms with van der Waals surface area (Å²) in [4.78, 5) is 7.16. The molecule has 5 heteroatoms. The van der Waals surface area contributed by atoms with Gasteiger partial charge in [-0.05, 0) is 49.7 Å². The molecule has 1 heterocycles. The quantitative estimate of drug-likeness (QED) is 0.434. The van der Waals surface area contributed by atoms with Crippen molar-refractivity contribution in [3.8, 4) is 11.3 Å². The summed E-state index contributed by atoms with van der Waals surface area (Å²) in [6.07, 6.45) is 1.04. The molecule has 124 valence electrons. The van der Waals surface area contributed by atoms with Crippen molar-refractivity contribution in [1.29, 1.82) is 0 Å². The minimum absolute atomic E-state index is 0.357. The van der Waals surface area contributed by atoms with Crippen molar-refractivity contribution in [2.45, 2.75) is 26.3 Å². The monoisotopic (exact) mass is 420 g/mol. The average molecular weight is 422 g/mol. The minimum atomic E-state index is 0.357. The second kappa shape index (κ2) is 7.68. The highest BCUT2D eigenvalue weighted by molar-refractivity contribution is 9.10. The van der Waals surface area contributed by atoms with Gasteiger partial charge in [-0.15, -0.1) is 11.3 Å². The van der Waals surface area contributed by atoms with Gasteiger partial charge in [-0.1, -0.05) is 46.6 Å². The van der Waals surface area contributed by atoms with Gasteiger partial charge in [0.2, 0.25) is 0 Å². The van der Waals surface area contributed by atoms with Crippen molar-refractivity contribution in [3.63, 3.8) is 0 Å². The normalized spacial score (nSPS) is 12.2. The molecule has 0 aliphatic rings. The van der Waals surface area contributed by atoms with Gasteiger partial charge in [-0.2, -0.15) is 0 Å². The third kappa shape index (κ3) is 3.82. The number of thiazole rings is 1. The van der Waals surface area contributed by atoms with Gasteiger partial charge < -0.3 is 4.90 Å². The summed E-state index contributed by atoms with van der Waals surface area (Å²) in [7, 11) is 0. The standard InChI is InChI=1S/C19H18BrClN2S/c1-3-13(2)23(17-10-8-16(21)9-11-17)19-22-18(12-24-19)14-4-6-15(20)7-5-14/h4-13H,3H2,1-2H3. The Labute approximate surface area is 160 Å². The Kier molecular flexibility index (Phi) is 5.59. The molecule has 2 nitrogen and oxygen atoms in total. The lowest BCUT2D eigenvalue weighted by atomic mass is 10.2. The maximum Gasteiger partial charge on any atom is 0.190 e. The van der Waals surface area contributed by atoms with Crippen LogP contribution in [0.25, 0.3) is 11.3 Å². The predicted molar refractivity (Wildman–Crippen MR) is 109 cm³/mol. The molecule has 1 aromatic heterocycles. The van der Waals surface area contributed by atoms with Crippen molar-refractivity contribution in [2.24, 2.45) is 0 Å². The van der Waals surface area contributed by atoms with Crippen molar-refractivity contribution in [2.75, 3.05) is 4.90 Å². The molecule has 1 atom stereocenters. The Balaban J connectivity index is 1.96. The molecule has 0 spiro atoms. The van der Waals surface area contributed by atoms with Gasteiger partial charge in [0.05, 0.1) is 5.69 Å². The summed E-state index contributed by atoms with van der Waals surface area (Å²) < 4.78 is 1.07. The Morgan fingerprint density at radius 3 is 2.42 bits per heavy atom. The molecule has 0 saturated carbocycles. The van der Waals surface area contributed by atoms with Crippen LogP contribution in [0.3, 0.4) is 0 Å². The van der Waals surface area contributed by atoms with E-state index in [1.807, 2.05) is 24.3 Å². The second-order valence-electron chi connectivity index (χ2n) is 5.63. The number of hydrogen-bond acceptors (Lipinski definition) is 3. The van der Waals surface area contributed by atoms with E-state index in [0.717, 1.165) is 38.0 Å². The predicted octanol–water partition coefficient (Wildman–Crippen LogP) is 7.16. The van der Waals surface area contributed by atoms with Crippen molar-refractivity contribution < 1.29 is 0 Å². The summed E-state index contributed by atoms with van der Waals surface area (Å²) in [5.41, 5.74) is 3.25. The maximum atomic E-state index is 6.04. The first-order chi connectivity index (χ1) is 11.6. The largest absolute Gasteiger partial charge is 0.315 e. The van der Waals surface area contributed by atoms with Gasteiger partial charge in [0, 0.05) is 32.2 Å². The zero-order chi connectivity index (χ0) is 17.1. The summed E-state index contributed by atoms with van der Waals surface area (Å²) in [6, 6.07) is 16.6. The van der Waals surface area contributed by atoms with E-state index >= 15 is 0 Å². The Morgan fingerprint density at radius 1 is 1.12 bits per heavy atom. The average Bonchev–Trinajstić information content (AvgIpc) is 3.07. The second-order valence-corrected chi connectivity index (χ2v) is 7.81. The summed E-state index contributed by atoms with van der Waals surface area (Å²) in [5, 5.41) is 3.87. The van der Waals surface area contributed by atoms with Gasteiger partial charge in [0.15, 0.2) is 5.13 Å². The van der Waals surface area contributed by atoms with Crippen LogP contribution in [0.15, 0.2) is 58.4 Å². The smallest absolute Gasteiger partial charge is 0.190 e. The fourth-order valence-electron chi connectivity index (χ4n) is 2.47. The molecular weight excluding hydrogens is 404 g/mol. The summed E-state index contributed by atoms with van der Waals surface area (Å²) in [6.45, 7) is 4.41. The van der Waals surface area contributed by atoms with Crippen LogP contribution in [0.2, 0.25) is 5.02 Å². The zero-order valence-electron chi connectivity index (χ0n) is 13.5. The number of benzene rings is 2. The van der Waals surface area contributed by atoms with Crippen molar-refractivity contribution in [1.82, 2.24) is 4.98 Å². The third-order valence-electron chi connectivity index (χ3n) is 3.97. The molecule has 2 aromatic carbocycles. The number of aromatic nitrogens is 1. The van der Waals surface area contributed by atoms with E-state index in [2.05, 4.69) is 64.3 Å². The Bertz CT molecular complexity index is 799. The SMILES string of the molecule is CCC(C)N(c1ccc(Cl)cc1)c1nc(-c2ccc(Br)cc2)cs1. The molecule has 1 unspecified atom stereocenters. The molecule has 0 aliphatic carbocycles. The lowest BCUT2D eigenvalue weighted by Gasteiger charge is -2.28. The zero-order valence-corrected chi connectivity index (χ0v) is 16.7. The third-order valence-corrected chi connectivity index (χ3v) is 5.60. The topological polar surface area (TPSA) is 16.1 Å². The van der Waals surface area contributed by atoms with Gasteiger partial charge in [-0.25, -0.2) is 4.98 Å². The number of nitrogens with zero attached hydrogens (tertiary/aromatic N) is 2. The highest BCUT2D eigenvalue weighted by atomic mass is 79.9. The van der Waals surface area contributed by atoms with Crippen LogP contribution in [0.5, 0.6) is 0 Å². The Hall–Kier alpha value is -1.36. The van der Waals surface area contributed by atoms with Gasteiger partial charge in [-0.3, -0.25) is 0 Å². The number of anilines is 2. The first kappa shape index (κ1) is 17.5. The number of hydrogen-bond donors (Lipinski definition) is 0.